The van der Waals surface area contributed by atoms with Crippen molar-refractivity contribution in [3.05, 3.63) is 21.9 Å². The highest BCUT2D eigenvalue weighted by Crippen LogP contribution is 2.17. The molecule has 0 amide bonds. The fourth-order valence-electron chi connectivity index (χ4n) is 0.557. The summed E-state index contributed by atoms with van der Waals surface area (Å²) in [6.07, 6.45) is 0. The van der Waals surface area contributed by atoms with Gasteiger partial charge in [-0.3, -0.25) is 0 Å². The number of halogens is 1. The van der Waals surface area contributed by atoms with Gasteiger partial charge in [-0.15, -0.1) is 11.3 Å². The van der Waals surface area contributed by atoms with Gasteiger partial charge in [-0.25, -0.2) is 0 Å². The van der Waals surface area contributed by atoms with Crippen molar-refractivity contribution >= 4 is 33.9 Å². The average Bonchev–Trinajstić information content (AvgIpc) is 2.14. The number of hydrogen-bond donors (Lipinski definition) is 0. The molecular weight excluding hydrogens is 231 g/mol. The summed E-state index contributed by atoms with van der Waals surface area (Å²) in [4.78, 5) is 2.89. The summed E-state index contributed by atoms with van der Waals surface area (Å²) < 4.78 is 1.15. The van der Waals surface area contributed by atoms with Crippen molar-refractivity contribution in [3.8, 4) is 0 Å². The van der Waals surface area contributed by atoms with Crippen LogP contribution in [0.5, 0.6) is 0 Å². The van der Waals surface area contributed by atoms with Crippen LogP contribution in [0.4, 0.5) is 0 Å². The molecular formula is C6H7IS. The molecule has 1 heterocycles. The number of hydrogen-bond acceptors (Lipinski definition) is 1. The van der Waals surface area contributed by atoms with Gasteiger partial charge in [-0.2, -0.15) is 0 Å². The second-order valence-corrected chi connectivity index (χ2v) is 3.78. The highest BCUT2D eigenvalue weighted by Gasteiger charge is 1.90. The van der Waals surface area contributed by atoms with Crippen LogP contribution in [0.2, 0.25) is 0 Å². The number of alkyl halides is 1. The van der Waals surface area contributed by atoms with Crippen LogP contribution in [-0.2, 0) is 4.43 Å². The maximum Gasteiger partial charge on any atom is 0.0341 e. The van der Waals surface area contributed by atoms with Crippen LogP contribution in [0.15, 0.2) is 12.1 Å². The molecule has 0 radical (unpaired) electrons. The van der Waals surface area contributed by atoms with E-state index in [1.807, 2.05) is 11.3 Å². The largest absolute Gasteiger partial charge is 0.145 e. The highest BCUT2D eigenvalue weighted by molar-refractivity contribution is 14.1. The van der Waals surface area contributed by atoms with Crippen LogP contribution in [0, 0.1) is 6.92 Å². The monoisotopic (exact) mass is 238 g/mol. The van der Waals surface area contributed by atoms with Gasteiger partial charge in [0.05, 0.1) is 0 Å². The number of aryl methyl sites for hydroxylation is 1. The molecule has 0 saturated carbocycles. The first kappa shape index (κ1) is 6.55. The van der Waals surface area contributed by atoms with Gasteiger partial charge in [-0.05, 0) is 19.1 Å². The first-order valence-corrected chi connectivity index (χ1v) is 4.78. The van der Waals surface area contributed by atoms with E-state index >= 15 is 0 Å². The number of rotatable bonds is 1. The zero-order chi connectivity index (χ0) is 5.98. The van der Waals surface area contributed by atoms with Gasteiger partial charge < -0.3 is 0 Å². The van der Waals surface area contributed by atoms with Crippen molar-refractivity contribution < 1.29 is 0 Å². The molecule has 0 unspecified atom stereocenters. The first-order chi connectivity index (χ1) is 3.83. The molecule has 0 aliphatic carbocycles. The lowest BCUT2D eigenvalue weighted by molar-refractivity contribution is 1.60. The fraction of sp³-hybridized carbons (Fsp3) is 0.333. The standard InChI is InChI=1S/C6H7IS/c1-5-2-3-6(4-7)8-5/h2-3H,4H2,1H3. The maximum absolute atomic E-state index is 2.38. The minimum absolute atomic E-state index is 1.15. The summed E-state index contributed by atoms with van der Waals surface area (Å²) in [7, 11) is 0. The van der Waals surface area contributed by atoms with Crippen LogP contribution in [0.1, 0.15) is 9.75 Å². The molecule has 0 N–H and O–H groups in total. The maximum atomic E-state index is 2.38. The molecule has 0 nitrogen and oxygen atoms in total. The van der Waals surface area contributed by atoms with Gasteiger partial charge in [0.15, 0.2) is 0 Å². The van der Waals surface area contributed by atoms with Gasteiger partial charge >= 0.3 is 0 Å². The Labute approximate surface area is 67.1 Å². The Morgan fingerprint density at radius 2 is 2.38 bits per heavy atom. The third-order valence-corrected chi connectivity index (χ3v) is 3.27. The highest BCUT2D eigenvalue weighted by atomic mass is 127. The van der Waals surface area contributed by atoms with Crippen LogP contribution in [-0.4, -0.2) is 0 Å². The molecule has 0 spiro atoms. The molecule has 8 heavy (non-hydrogen) atoms. The fourth-order valence-corrected chi connectivity index (χ4v) is 2.02. The SMILES string of the molecule is Cc1ccc(CI)s1. The molecule has 0 atom stereocenters. The minimum Gasteiger partial charge on any atom is -0.145 e. The van der Waals surface area contributed by atoms with Crippen molar-refractivity contribution in [1.82, 2.24) is 0 Å². The summed E-state index contributed by atoms with van der Waals surface area (Å²) in [6, 6.07) is 4.35. The molecule has 0 aliphatic heterocycles. The lowest BCUT2D eigenvalue weighted by Crippen LogP contribution is -1.57. The Morgan fingerprint density at radius 3 is 2.62 bits per heavy atom. The van der Waals surface area contributed by atoms with E-state index < -0.39 is 0 Å². The van der Waals surface area contributed by atoms with E-state index in [4.69, 9.17) is 0 Å². The smallest absolute Gasteiger partial charge is 0.0341 e. The van der Waals surface area contributed by atoms with Gasteiger partial charge in [0.25, 0.3) is 0 Å². The van der Waals surface area contributed by atoms with Gasteiger partial charge in [-0.1, -0.05) is 22.6 Å². The van der Waals surface area contributed by atoms with Crippen LogP contribution >= 0.6 is 33.9 Å². The van der Waals surface area contributed by atoms with Crippen molar-refractivity contribution in [1.29, 1.82) is 0 Å². The van der Waals surface area contributed by atoms with Crippen LogP contribution < -0.4 is 0 Å². The van der Waals surface area contributed by atoms with Crippen LogP contribution in [0.25, 0.3) is 0 Å². The zero-order valence-electron chi connectivity index (χ0n) is 4.65. The molecule has 0 fully saturated rings. The Bertz CT molecular complexity index is 169. The number of thiophene rings is 1. The molecule has 1 aromatic heterocycles. The Hall–Kier alpha value is 0.430. The van der Waals surface area contributed by atoms with E-state index in [0.717, 1.165) is 4.43 Å². The lowest BCUT2D eigenvalue weighted by Gasteiger charge is -1.79. The molecule has 0 aromatic carbocycles. The van der Waals surface area contributed by atoms with E-state index in [9.17, 15) is 0 Å². The topological polar surface area (TPSA) is 0 Å². The second-order valence-electron chi connectivity index (χ2n) is 1.65. The normalized spacial score (nSPS) is 9.75. The quantitative estimate of drug-likeness (QED) is 0.521. The molecule has 0 aliphatic rings. The van der Waals surface area contributed by atoms with Gasteiger partial charge in [0.1, 0.15) is 0 Å². The summed E-state index contributed by atoms with van der Waals surface area (Å²) in [5.41, 5.74) is 0. The summed E-state index contributed by atoms with van der Waals surface area (Å²) in [5, 5.41) is 0. The molecule has 1 aromatic rings. The Balaban J connectivity index is 2.84. The summed E-state index contributed by atoms with van der Waals surface area (Å²) in [5.74, 6) is 0. The van der Waals surface area contributed by atoms with E-state index in [2.05, 4.69) is 41.6 Å². The lowest BCUT2D eigenvalue weighted by atomic mass is 10.5. The zero-order valence-corrected chi connectivity index (χ0v) is 7.62. The van der Waals surface area contributed by atoms with Crippen molar-refractivity contribution in [3.63, 3.8) is 0 Å². The molecule has 0 saturated heterocycles. The van der Waals surface area contributed by atoms with E-state index in [1.165, 1.54) is 9.75 Å². The Kier molecular flexibility index (Phi) is 2.31. The molecule has 2 heteroatoms. The third kappa shape index (κ3) is 1.45. The predicted molar refractivity (Wildman–Crippen MR) is 46.8 cm³/mol. The van der Waals surface area contributed by atoms with Gasteiger partial charge in [0, 0.05) is 14.2 Å². The van der Waals surface area contributed by atoms with Gasteiger partial charge in [0.2, 0.25) is 0 Å². The predicted octanol–water partition coefficient (Wildman–Crippen LogP) is 2.99. The van der Waals surface area contributed by atoms with Crippen molar-refractivity contribution in [2.75, 3.05) is 0 Å². The second kappa shape index (κ2) is 2.82. The third-order valence-electron chi connectivity index (χ3n) is 0.928. The van der Waals surface area contributed by atoms with E-state index in [0.29, 0.717) is 0 Å². The molecule has 1 rings (SSSR count). The Morgan fingerprint density at radius 1 is 1.62 bits per heavy atom. The van der Waals surface area contributed by atoms with Crippen LogP contribution in [0.3, 0.4) is 0 Å². The first-order valence-electron chi connectivity index (χ1n) is 2.44. The average molecular weight is 238 g/mol. The minimum atomic E-state index is 1.15. The molecule has 0 bridgehead atoms. The van der Waals surface area contributed by atoms with E-state index in [1.54, 1.807) is 0 Å². The summed E-state index contributed by atoms with van der Waals surface area (Å²) in [6.45, 7) is 2.14. The van der Waals surface area contributed by atoms with Crippen molar-refractivity contribution in [2.45, 2.75) is 11.4 Å². The van der Waals surface area contributed by atoms with Crippen molar-refractivity contribution in [2.24, 2.45) is 0 Å². The summed E-state index contributed by atoms with van der Waals surface area (Å²) >= 11 is 4.26. The van der Waals surface area contributed by atoms with E-state index in [-0.39, 0.29) is 0 Å². The molecule has 44 valence electrons.